The summed E-state index contributed by atoms with van der Waals surface area (Å²) in [6.45, 7) is 10.9. The van der Waals surface area contributed by atoms with Crippen molar-refractivity contribution in [3.05, 3.63) is 33.8 Å². The topological polar surface area (TPSA) is 49.8 Å². The molecule has 0 bridgehead atoms. The molecule has 0 aromatic heterocycles. The van der Waals surface area contributed by atoms with Gasteiger partial charge in [0, 0.05) is 18.1 Å². The fraction of sp³-hybridized carbons (Fsp3) is 0.650. The number of piperidine rings is 1. The van der Waals surface area contributed by atoms with Gasteiger partial charge in [0.2, 0.25) is 0 Å². The number of hydrogen-bond acceptors (Lipinski definition) is 3. The third-order valence-electron chi connectivity index (χ3n) is 4.70. The summed E-state index contributed by atoms with van der Waals surface area (Å²) in [6.07, 6.45) is 1.64. The zero-order valence-corrected chi connectivity index (χ0v) is 16.7. The molecule has 1 aliphatic rings. The number of aryl methyl sites for hydroxylation is 1. The number of carbonyl (C=O) groups is 1. The number of amides is 1. The molecule has 1 N–H and O–H groups in total. The van der Waals surface area contributed by atoms with Crippen molar-refractivity contribution in [2.24, 2.45) is 0 Å². The average molecular weight is 368 g/mol. The molecule has 1 amide bonds. The Hall–Kier alpha value is -1.26. The fourth-order valence-corrected chi connectivity index (χ4v) is 3.45. The Labute approximate surface area is 156 Å². The van der Waals surface area contributed by atoms with E-state index in [9.17, 15) is 9.90 Å². The quantitative estimate of drug-likeness (QED) is 0.798. The first-order valence-electron chi connectivity index (χ1n) is 9.08. The van der Waals surface area contributed by atoms with Gasteiger partial charge in [-0.25, -0.2) is 4.79 Å². The number of halogens is 1. The number of likely N-dealkylation sites (tertiary alicyclic amines) is 1. The van der Waals surface area contributed by atoms with Crippen LogP contribution in [0, 0.1) is 6.92 Å². The molecule has 4 nitrogen and oxygen atoms in total. The summed E-state index contributed by atoms with van der Waals surface area (Å²) >= 11 is 6.27. The summed E-state index contributed by atoms with van der Waals surface area (Å²) in [5.74, 6) is 0.325. The van der Waals surface area contributed by atoms with Crippen molar-refractivity contribution in [1.29, 1.82) is 0 Å². The highest BCUT2D eigenvalue weighted by atomic mass is 35.5. The van der Waals surface area contributed by atoms with Crippen molar-refractivity contribution >= 4 is 17.7 Å². The molecule has 1 fully saturated rings. The normalized spacial score (nSPS) is 17.5. The monoisotopic (exact) mass is 367 g/mol. The molecule has 0 saturated carbocycles. The first-order valence-corrected chi connectivity index (χ1v) is 9.46. The smallest absolute Gasteiger partial charge is 0.410 e. The van der Waals surface area contributed by atoms with Crippen molar-refractivity contribution in [1.82, 2.24) is 4.90 Å². The molecule has 1 aromatic carbocycles. The highest BCUT2D eigenvalue weighted by Gasteiger charge is 2.29. The van der Waals surface area contributed by atoms with Crippen LogP contribution in [0.2, 0.25) is 5.02 Å². The van der Waals surface area contributed by atoms with Gasteiger partial charge in [-0.05, 0) is 75.6 Å². The van der Waals surface area contributed by atoms with Gasteiger partial charge in [-0.3, -0.25) is 0 Å². The van der Waals surface area contributed by atoms with Crippen LogP contribution in [0.4, 0.5) is 4.79 Å². The average Bonchev–Trinajstić information content (AvgIpc) is 2.54. The fourth-order valence-electron chi connectivity index (χ4n) is 3.28. The summed E-state index contributed by atoms with van der Waals surface area (Å²) in [6, 6.07) is 4.00. The lowest BCUT2D eigenvalue weighted by atomic mass is 9.84. The van der Waals surface area contributed by atoms with Crippen LogP contribution in [0.5, 0.6) is 0 Å². The summed E-state index contributed by atoms with van der Waals surface area (Å²) < 4.78 is 5.46. The van der Waals surface area contributed by atoms with Crippen LogP contribution in [0.1, 0.15) is 75.7 Å². The van der Waals surface area contributed by atoms with E-state index in [1.165, 1.54) is 5.56 Å². The second-order valence-electron chi connectivity index (χ2n) is 7.90. The van der Waals surface area contributed by atoms with Gasteiger partial charge in [0.1, 0.15) is 5.60 Å². The number of ether oxygens (including phenoxy) is 1. The third kappa shape index (κ3) is 5.11. The number of aliphatic hydroxyl groups is 1. The predicted molar refractivity (Wildman–Crippen MR) is 101 cm³/mol. The molecule has 0 aliphatic carbocycles. The van der Waals surface area contributed by atoms with Crippen molar-refractivity contribution in [2.45, 2.75) is 71.5 Å². The van der Waals surface area contributed by atoms with Crippen molar-refractivity contribution in [3.63, 3.8) is 0 Å². The van der Waals surface area contributed by atoms with Crippen molar-refractivity contribution in [2.75, 3.05) is 13.1 Å². The highest BCUT2D eigenvalue weighted by molar-refractivity contribution is 6.31. The molecule has 1 atom stereocenters. The minimum absolute atomic E-state index is 0.243. The van der Waals surface area contributed by atoms with E-state index >= 15 is 0 Å². The maximum atomic E-state index is 12.2. The molecule has 5 heteroatoms. The predicted octanol–water partition coefficient (Wildman–Crippen LogP) is 5.21. The van der Waals surface area contributed by atoms with E-state index in [0.29, 0.717) is 30.5 Å². The maximum Gasteiger partial charge on any atom is 0.410 e. The maximum absolute atomic E-state index is 12.2. The second kappa shape index (κ2) is 7.96. The van der Waals surface area contributed by atoms with E-state index < -0.39 is 11.7 Å². The molecule has 0 spiro atoms. The number of rotatable bonds is 3. The largest absolute Gasteiger partial charge is 0.444 e. The number of hydrogen-bond donors (Lipinski definition) is 1. The lowest BCUT2D eigenvalue weighted by Crippen LogP contribution is -2.41. The van der Waals surface area contributed by atoms with Crippen LogP contribution in [0.15, 0.2) is 12.1 Å². The summed E-state index contributed by atoms with van der Waals surface area (Å²) in [5.41, 5.74) is 2.65. The van der Waals surface area contributed by atoms with E-state index in [2.05, 4.69) is 6.07 Å². The standard InChI is InChI=1S/C20H30ClNO3/c1-6-18(23)16-12-17(21)13(2)11-15(16)14-7-9-22(10-8-14)19(24)25-20(3,4)5/h11-12,14,18,23H,6-10H2,1-5H3. The lowest BCUT2D eigenvalue weighted by molar-refractivity contribution is 0.0204. The van der Waals surface area contributed by atoms with Gasteiger partial charge in [0.25, 0.3) is 0 Å². The summed E-state index contributed by atoms with van der Waals surface area (Å²) in [7, 11) is 0. The number of aliphatic hydroxyl groups excluding tert-OH is 1. The van der Waals surface area contributed by atoms with E-state index in [4.69, 9.17) is 16.3 Å². The van der Waals surface area contributed by atoms with Crippen LogP contribution in [0.25, 0.3) is 0 Å². The Balaban J connectivity index is 2.13. The zero-order chi connectivity index (χ0) is 18.8. The molecule has 2 rings (SSSR count). The van der Waals surface area contributed by atoms with E-state index in [1.807, 2.05) is 40.7 Å². The molecule has 0 radical (unpaired) electrons. The Bertz CT molecular complexity index is 616. The van der Waals surface area contributed by atoms with E-state index in [0.717, 1.165) is 24.0 Å². The van der Waals surface area contributed by atoms with Gasteiger partial charge >= 0.3 is 6.09 Å². The molecule has 1 saturated heterocycles. The first kappa shape index (κ1) is 20.1. The molecule has 140 valence electrons. The minimum Gasteiger partial charge on any atom is -0.444 e. The molecule has 1 unspecified atom stereocenters. The molecular weight excluding hydrogens is 338 g/mol. The molecular formula is C20H30ClNO3. The number of nitrogens with zero attached hydrogens (tertiary/aromatic N) is 1. The number of carbonyl (C=O) groups excluding carboxylic acids is 1. The minimum atomic E-state index is -0.503. The number of benzene rings is 1. The summed E-state index contributed by atoms with van der Waals surface area (Å²) in [5, 5.41) is 11.1. The Morgan fingerprint density at radius 1 is 1.36 bits per heavy atom. The van der Waals surface area contributed by atoms with E-state index in [-0.39, 0.29) is 6.09 Å². The van der Waals surface area contributed by atoms with Gasteiger partial charge in [-0.2, -0.15) is 0 Å². The van der Waals surface area contributed by atoms with Crippen molar-refractivity contribution < 1.29 is 14.6 Å². The van der Waals surface area contributed by atoms with Crippen LogP contribution < -0.4 is 0 Å². The van der Waals surface area contributed by atoms with Gasteiger partial charge in [0.15, 0.2) is 0 Å². The van der Waals surface area contributed by atoms with E-state index in [1.54, 1.807) is 4.90 Å². The van der Waals surface area contributed by atoms with Crippen molar-refractivity contribution in [3.8, 4) is 0 Å². The third-order valence-corrected chi connectivity index (χ3v) is 5.10. The Morgan fingerprint density at radius 3 is 2.48 bits per heavy atom. The SMILES string of the molecule is CCC(O)c1cc(Cl)c(C)cc1C1CCN(C(=O)OC(C)(C)C)CC1. The van der Waals surface area contributed by atoms with Crippen LogP contribution in [0.3, 0.4) is 0 Å². The van der Waals surface area contributed by atoms with Gasteiger partial charge in [-0.15, -0.1) is 0 Å². The van der Waals surface area contributed by atoms with Crippen LogP contribution in [-0.2, 0) is 4.74 Å². The molecule has 25 heavy (non-hydrogen) atoms. The zero-order valence-electron chi connectivity index (χ0n) is 15.9. The Kier molecular flexibility index (Phi) is 6.39. The molecule has 1 aliphatic heterocycles. The molecule has 1 heterocycles. The van der Waals surface area contributed by atoms with Crippen LogP contribution in [-0.4, -0.2) is 34.8 Å². The molecule has 1 aromatic rings. The van der Waals surface area contributed by atoms with Gasteiger partial charge in [0.05, 0.1) is 6.10 Å². The Morgan fingerprint density at radius 2 is 1.96 bits per heavy atom. The van der Waals surface area contributed by atoms with Crippen LogP contribution >= 0.6 is 11.6 Å². The highest BCUT2D eigenvalue weighted by Crippen LogP contribution is 2.37. The van der Waals surface area contributed by atoms with Gasteiger partial charge < -0.3 is 14.7 Å². The first-order chi connectivity index (χ1) is 11.6. The van der Waals surface area contributed by atoms with Gasteiger partial charge in [-0.1, -0.05) is 24.6 Å². The summed E-state index contributed by atoms with van der Waals surface area (Å²) in [4.78, 5) is 14.0. The second-order valence-corrected chi connectivity index (χ2v) is 8.30. The lowest BCUT2D eigenvalue weighted by Gasteiger charge is -2.34.